The number of ether oxygens (including phenoxy) is 2. The van der Waals surface area contributed by atoms with Crippen LogP contribution in [0, 0.1) is 0 Å². The molecule has 0 saturated heterocycles. The van der Waals surface area contributed by atoms with Crippen LogP contribution >= 0.6 is 23.2 Å². The van der Waals surface area contributed by atoms with E-state index in [0.29, 0.717) is 16.6 Å². The lowest BCUT2D eigenvalue weighted by atomic mass is 10.2. The first-order valence-electron chi connectivity index (χ1n) is 5.15. The lowest BCUT2D eigenvalue weighted by molar-refractivity contribution is -0.110. The lowest BCUT2D eigenvalue weighted by Crippen LogP contribution is -2.19. The van der Waals surface area contributed by atoms with Crippen molar-refractivity contribution in [3.05, 3.63) is 34.4 Å². The van der Waals surface area contributed by atoms with Crippen LogP contribution in [0.4, 0.5) is 0 Å². The van der Waals surface area contributed by atoms with Gasteiger partial charge in [-0.15, -0.1) is 0 Å². The van der Waals surface area contributed by atoms with Gasteiger partial charge in [0.05, 0.1) is 17.1 Å². The first-order valence-corrected chi connectivity index (χ1v) is 5.90. The van der Waals surface area contributed by atoms with Crippen LogP contribution in [0.3, 0.4) is 0 Å². The highest BCUT2D eigenvalue weighted by Crippen LogP contribution is 2.28. The number of aromatic nitrogens is 1. The fraction of sp³-hybridized carbons (Fsp3) is 0.333. The molecular weight excluding hydrogens is 261 g/mol. The van der Waals surface area contributed by atoms with Gasteiger partial charge < -0.3 is 14.0 Å². The summed E-state index contributed by atoms with van der Waals surface area (Å²) in [6, 6.07) is 5.57. The summed E-state index contributed by atoms with van der Waals surface area (Å²) in [5.74, 6) is 0. The maximum absolute atomic E-state index is 6.12. The number of fused-ring (bicyclic) bond motifs is 1. The number of nitrogens with zero attached hydrogens (tertiary/aromatic N) is 1. The second-order valence-corrected chi connectivity index (χ2v) is 4.53. The molecule has 2 rings (SSSR count). The van der Waals surface area contributed by atoms with Crippen molar-refractivity contribution in [2.24, 2.45) is 0 Å². The molecule has 1 aromatic heterocycles. The molecule has 0 fully saturated rings. The molecular formula is C12H13Cl2NO2. The van der Waals surface area contributed by atoms with E-state index in [9.17, 15) is 0 Å². The fourth-order valence-electron chi connectivity index (χ4n) is 1.78. The topological polar surface area (TPSA) is 23.4 Å². The van der Waals surface area contributed by atoms with E-state index >= 15 is 0 Å². The molecule has 0 aliphatic rings. The summed E-state index contributed by atoms with van der Waals surface area (Å²) in [5.41, 5.74) is 0.974. The van der Waals surface area contributed by atoms with E-state index in [-0.39, 0.29) is 6.29 Å². The Hall–Kier alpha value is -0.740. The van der Waals surface area contributed by atoms with Gasteiger partial charge >= 0.3 is 0 Å². The van der Waals surface area contributed by atoms with Gasteiger partial charge in [-0.05, 0) is 18.2 Å². The molecule has 2 aromatic rings. The third-order valence-corrected chi connectivity index (χ3v) is 3.21. The molecule has 0 N–H and O–H groups in total. The maximum atomic E-state index is 6.12. The van der Waals surface area contributed by atoms with Crippen molar-refractivity contribution in [2.75, 3.05) is 14.2 Å². The molecule has 0 spiro atoms. The standard InChI is InChI=1S/C12H13Cl2NO2/c1-16-12(17-2)7-15-4-3-9-10(14)5-8(13)6-11(9)15/h3-6,12H,7H2,1-2H3. The van der Waals surface area contributed by atoms with Crippen LogP contribution < -0.4 is 0 Å². The van der Waals surface area contributed by atoms with E-state index < -0.39 is 0 Å². The number of benzene rings is 1. The largest absolute Gasteiger partial charge is 0.354 e. The fourth-order valence-corrected chi connectivity index (χ4v) is 2.33. The summed E-state index contributed by atoms with van der Waals surface area (Å²) >= 11 is 12.1. The smallest absolute Gasteiger partial charge is 0.174 e. The third-order valence-electron chi connectivity index (χ3n) is 2.67. The Bertz CT molecular complexity index is 520. The first-order chi connectivity index (χ1) is 8.15. The van der Waals surface area contributed by atoms with Crippen molar-refractivity contribution in [2.45, 2.75) is 12.8 Å². The van der Waals surface area contributed by atoms with Gasteiger partial charge in [0, 0.05) is 30.8 Å². The van der Waals surface area contributed by atoms with Gasteiger partial charge in [-0.1, -0.05) is 23.2 Å². The highest BCUT2D eigenvalue weighted by molar-refractivity contribution is 6.38. The third kappa shape index (κ3) is 2.58. The average Bonchev–Trinajstić information content (AvgIpc) is 2.69. The summed E-state index contributed by atoms with van der Waals surface area (Å²) in [6.45, 7) is 0.590. The van der Waals surface area contributed by atoms with E-state index in [1.165, 1.54) is 0 Å². The van der Waals surface area contributed by atoms with E-state index in [4.69, 9.17) is 32.7 Å². The van der Waals surface area contributed by atoms with Crippen molar-refractivity contribution in [3.8, 4) is 0 Å². The normalized spacial score (nSPS) is 11.6. The van der Waals surface area contributed by atoms with E-state index in [1.807, 2.05) is 22.9 Å². The molecule has 0 atom stereocenters. The highest BCUT2D eigenvalue weighted by Gasteiger charge is 2.10. The summed E-state index contributed by atoms with van der Waals surface area (Å²) < 4.78 is 12.4. The van der Waals surface area contributed by atoms with E-state index in [2.05, 4.69) is 0 Å². The van der Waals surface area contributed by atoms with Crippen molar-refractivity contribution in [1.29, 1.82) is 0 Å². The van der Waals surface area contributed by atoms with Gasteiger partial charge in [-0.2, -0.15) is 0 Å². The van der Waals surface area contributed by atoms with E-state index in [1.54, 1.807) is 20.3 Å². The monoisotopic (exact) mass is 273 g/mol. The molecule has 3 nitrogen and oxygen atoms in total. The lowest BCUT2D eigenvalue weighted by Gasteiger charge is -2.15. The Morgan fingerprint density at radius 2 is 1.94 bits per heavy atom. The molecule has 0 amide bonds. The molecule has 0 aliphatic carbocycles. The second kappa shape index (κ2) is 5.27. The maximum Gasteiger partial charge on any atom is 0.174 e. The number of hydrogen-bond donors (Lipinski definition) is 0. The number of halogens is 2. The average molecular weight is 274 g/mol. The Morgan fingerprint density at radius 1 is 1.24 bits per heavy atom. The molecule has 5 heteroatoms. The Morgan fingerprint density at radius 3 is 2.59 bits per heavy atom. The minimum Gasteiger partial charge on any atom is -0.354 e. The molecule has 17 heavy (non-hydrogen) atoms. The van der Waals surface area contributed by atoms with Gasteiger partial charge in [0.15, 0.2) is 6.29 Å². The van der Waals surface area contributed by atoms with Crippen molar-refractivity contribution in [1.82, 2.24) is 4.57 Å². The Kier molecular flexibility index (Phi) is 3.94. The predicted molar refractivity (Wildman–Crippen MR) is 69.8 cm³/mol. The molecule has 92 valence electrons. The van der Waals surface area contributed by atoms with Crippen LogP contribution in [-0.2, 0) is 16.0 Å². The molecule has 0 bridgehead atoms. The van der Waals surface area contributed by atoms with Crippen molar-refractivity contribution in [3.63, 3.8) is 0 Å². The molecule has 0 aliphatic heterocycles. The summed E-state index contributed by atoms with van der Waals surface area (Å²) in [5, 5.41) is 2.24. The highest BCUT2D eigenvalue weighted by atomic mass is 35.5. The minimum atomic E-state index is -0.289. The van der Waals surface area contributed by atoms with Gasteiger partial charge in [0.2, 0.25) is 0 Å². The Labute approximate surface area is 110 Å². The second-order valence-electron chi connectivity index (χ2n) is 3.69. The summed E-state index contributed by atoms with van der Waals surface area (Å²) in [4.78, 5) is 0. The van der Waals surface area contributed by atoms with Gasteiger partial charge in [-0.3, -0.25) is 0 Å². The number of hydrogen-bond acceptors (Lipinski definition) is 2. The first kappa shape index (κ1) is 12.7. The van der Waals surface area contributed by atoms with Crippen molar-refractivity contribution < 1.29 is 9.47 Å². The SMILES string of the molecule is COC(Cn1ccc2c(Cl)cc(Cl)cc21)OC. The van der Waals surface area contributed by atoms with Crippen LogP contribution in [0.15, 0.2) is 24.4 Å². The zero-order valence-corrected chi connectivity index (χ0v) is 11.1. The number of methoxy groups -OCH3 is 2. The van der Waals surface area contributed by atoms with Crippen LogP contribution in [0.5, 0.6) is 0 Å². The van der Waals surface area contributed by atoms with Crippen LogP contribution in [0.2, 0.25) is 10.0 Å². The van der Waals surface area contributed by atoms with Crippen LogP contribution in [0.1, 0.15) is 0 Å². The van der Waals surface area contributed by atoms with Gasteiger partial charge in [-0.25, -0.2) is 0 Å². The summed E-state index contributed by atoms with van der Waals surface area (Å²) in [6.07, 6.45) is 1.65. The predicted octanol–water partition coefficient (Wildman–Crippen LogP) is 3.57. The molecule has 0 radical (unpaired) electrons. The quantitative estimate of drug-likeness (QED) is 0.796. The van der Waals surface area contributed by atoms with E-state index in [0.717, 1.165) is 10.9 Å². The van der Waals surface area contributed by atoms with Crippen molar-refractivity contribution >= 4 is 34.1 Å². The molecule has 1 heterocycles. The summed E-state index contributed by atoms with van der Waals surface area (Å²) in [7, 11) is 3.22. The Balaban J connectivity index is 2.42. The number of rotatable bonds is 4. The zero-order valence-electron chi connectivity index (χ0n) is 9.61. The van der Waals surface area contributed by atoms with Crippen LogP contribution in [0.25, 0.3) is 10.9 Å². The van der Waals surface area contributed by atoms with Crippen LogP contribution in [-0.4, -0.2) is 25.1 Å². The minimum absolute atomic E-state index is 0.289. The zero-order chi connectivity index (χ0) is 12.4. The van der Waals surface area contributed by atoms with Gasteiger partial charge in [0.1, 0.15) is 0 Å². The van der Waals surface area contributed by atoms with Gasteiger partial charge in [0.25, 0.3) is 0 Å². The molecule has 0 saturated carbocycles. The molecule has 1 aromatic carbocycles. The molecule has 0 unspecified atom stereocenters.